The van der Waals surface area contributed by atoms with Crippen molar-refractivity contribution in [1.82, 2.24) is 4.98 Å². The van der Waals surface area contributed by atoms with Gasteiger partial charge >= 0.3 is 0 Å². The zero-order valence-electron chi connectivity index (χ0n) is 11.2. The molecule has 4 saturated carbocycles. The molecule has 0 radical (unpaired) electrons. The highest BCUT2D eigenvalue weighted by Crippen LogP contribution is 2.60. The Bertz CT molecular complexity index is 418. The topological polar surface area (TPSA) is 41.8 Å². The van der Waals surface area contributed by atoms with Crippen molar-refractivity contribution in [2.75, 3.05) is 0 Å². The second-order valence-electron chi connectivity index (χ2n) is 7.09. The standard InChI is InChI=1S/C16H24N2/c1-9(17)16-14(2-3-18-16)15-12-5-10-4-11(7-12)8-13(15)6-10/h2-3,9-13,15,18H,4-8,17H2,1H3. The fraction of sp³-hybridized carbons (Fsp3) is 0.750. The van der Waals surface area contributed by atoms with Crippen LogP contribution in [0.25, 0.3) is 0 Å². The number of nitrogens with one attached hydrogen (secondary N) is 1. The molecule has 0 spiro atoms. The van der Waals surface area contributed by atoms with Crippen LogP contribution in [0.2, 0.25) is 0 Å². The summed E-state index contributed by atoms with van der Waals surface area (Å²) in [5, 5.41) is 0. The van der Waals surface area contributed by atoms with Gasteiger partial charge in [-0.1, -0.05) is 0 Å². The molecule has 2 nitrogen and oxygen atoms in total. The Morgan fingerprint density at radius 2 is 1.72 bits per heavy atom. The summed E-state index contributed by atoms with van der Waals surface area (Å²) < 4.78 is 0. The summed E-state index contributed by atoms with van der Waals surface area (Å²) in [5.74, 6) is 4.83. The van der Waals surface area contributed by atoms with E-state index in [1.165, 1.54) is 37.8 Å². The Balaban J connectivity index is 1.70. The SMILES string of the molecule is CC(N)c1[nH]ccc1C1C2CC3CC(C2)CC1C3. The predicted octanol–water partition coefficient (Wildman–Crippen LogP) is 3.57. The molecule has 18 heavy (non-hydrogen) atoms. The van der Waals surface area contributed by atoms with Crippen molar-refractivity contribution in [3.63, 3.8) is 0 Å². The number of aromatic nitrogens is 1. The van der Waals surface area contributed by atoms with E-state index in [0.717, 1.165) is 29.6 Å². The summed E-state index contributed by atoms with van der Waals surface area (Å²) in [6, 6.07) is 2.46. The number of nitrogens with two attached hydrogens (primary N) is 1. The zero-order chi connectivity index (χ0) is 12.3. The van der Waals surface area contributed by atoms with Gasteiger partial charge in [0.25, 0.3) is 0 Å². The van der Waals surface area contributed by atoms with Gasteiger partial charge in [0.05, 0.1) is 0 Å². The smallest absolute Gasteiger partial charge is 0.0422 e. The van der Waals surface area contributed by atoms with Crippen LogP contribution >= 0.6 is 0 Å². The predicted molar refractivity (Wildman–Crippen MR) is 73.2 cm³/mol. The lowest BCUT2D eigenvalue weighted by atomic mass is 9.50. The third-order valence-electron chi connectivity index (χ3n) is 5.85. The Labute approximate surface area is 109 Å². The number of hydrogen-bond acceptors (Lipinski definition) is 1. The number of rotatable bonds is 2. The average molecular weight is 244 g/mol. The van der Waals surface area contributed by atoms with Gasteiger partial charge in [0.1, 0.15) is 0 Å². The van der Waals surface area contributed by atoms with Gasteiger partial charge < -0.3 is 10.7 Å². The van der Waals surface area contributed by atoms with Crippen molar-refractivity contribution in [3.8, 4) is 0 Å². The first-order chi connectivity index (χ1) is 8.72. The number of hydrogen-bond donors (Lipinski definition) is 2. The van der Waals surface area contributed by atoms with Crippen molar-refractivity contribution < 1.29 is 0 Å². The first kappa shape index (κ1) is 11.1. The van der Waals surface area contributed by atoms with Gasteiger partial charge in [-0.2, -0.15) is 0 Å². The molecule has 98 valence electrons. The maximum absolute atomic E-state index is 6.12. The monoisotopic (exact) mass is 244 g/mol. The summed E-state index contributed by atoms with van der Waals surface area (Å²) in [6.07, 6.45) is 9.58. The van der Waals surface area contributed by atoms with E-state index in [1.54, 1.807) is 5.56 Å². The molecule has 1 unspecified atom stereocenters. The van der Waals surface area contributed by atoms with Crippen LogP contribution in [0.15, 0.2) is 12.3 Å². The molecule has 3 N–H and O–H groups in total. The van der Waals surface area contributed by atoms with Gasteiger partial charge in [0.15, 0.2) is 0 Å². The minimum atomic E-state index is 0.146. The Kier molecular flexibility index (Phi) is 2.38. The van der Waals surface area contributed by atoms with Crippen LogP contribution in [-0.4, -0.2) is 4.98 Å². The summed E-state index contributed by atoms with van der Waals surface area (Å²) in [4.78, 5) is 3.39. The number of H-pyrrole nitrogens is 1. The van der Waals surface area contributed by atoms with Crippen molar-refractivity contribution >= 4 is 0 Å². The van der Waals surface area contributed by atoms with Crippen LogP contribution in [0.5, 0.6) is 0 Å². The van der Waals surface area contributed by atoms with E-state index in [1.807, 2.05) is 0 Å². The van der Waals surface area contributed by atoms with Crippen LogP contribution in [0.4, 0.5) is 0 Å². The van der Waals surface area contributed by atoms with Gasteiger partial charge in [-0.3, -0.25) is 0 Å². The number of aromatic amines is 1. The quantitative estimate of drug-likeness (QED) is 0.820. The molecule has 4 aliphatic carbocycles. The molecule has 1 heterocycles. The minimum Gasteiger partial charge on any atom is -0.363 e. The third kappa shape index (κ3) is 1.51. The molecule has 4 fully saturated rings. The van der Waals surface area contributed by atoms with Crippen molar-refractivity contribution in [1.29, 1.82) is 0 Å². The van der Waals surface area contributed by atoms with Crippen LogP contribution < -0.4 is 5.73 Å². The van der Waals surface area contributed by atoms with E-state index < -0.39 is 0 Å². The molecule has 0 saturated heterocycles. The highest BCUT2D eigenvalue weighted by atomic mass is 14.8. The van der Waals surface area contributed by atoms with Gasteiger partial charge in [-0.25, -0.2) is 0 Å². The fourth-order valence-corrected chi connectivity index (χ4v) is 5.51. The highest BCUT2D eigenvalue weighted by molar-refractivity contribution is 5.30. The third-order valence-corrected chi connectivity index (χ3v) is 5.85. The largest absolute Gasteiger partial charge is 0.363 e. The van der Waals surface area contributed by atoms with Crippen molar-refractivity contribution in [3.05, 3.63) is 23.5 Å². The minimum absolute atomic E-state index is 0.146. The average Bonchev–Trinajstić information content (AvgIpc) is 2.76. The molecular weight excluding hydrogens is 220 g/mol. The summed E-state index contributed by atoms with van der Waals surface area (Å²) in [7, 11) is 0. The second kappa shape index (κ2) is 3.86. The van der Waals surface area contributed by atoms with E-state index in [-0.39, 0.29) is 6.04 Å². The molecule has 2 heteroatoms. The molecule has 0 aromatic carbocycles. The molecule has 0 amide bonds. The maximum Gasteiger partial charge on any atom is 0.0422 e. The summed E-state index contributed by atoms with van der Waals surface area (Å²) in [5.41, 5.74) is 8.97. The highest BCUT2D eigenvalue weighted by Gasteiger charge is 2.49. The summed E-state index contributed by atoms with van der Waals surface area (Å²) in [6.45, 7) is 2.10. The van der Waals surface area contributed by atoms with Gasteiger partial charge in [-0.05, 0) is 80.2 Å². The van der Waals surface area contributed by atoms with Crippen molar-refractivity contribution in [2.24, 2.45) is 29.4 Å². The van der Waals surface area contributed by atoms with Gasteiger partial charge in [0.2, 0.25) is 0 Å². The molecule has 1 aromatic heterocycles. The Morgan fingerprint density at radius 3 is 2.28 bits per heavy atom. The van der Waals surface area contributed by atoms with E-state index in [9.17, 15) is 0 Å². The van der Waals surface area contributed by atoms with Gasteiger partial charge in [0, 0.05) is 17.9 Å². The Hall–Kier alpha value is -0.760. The molecule has 1 atom stereocenters. The van der Waals surface area contributed by atoms with E-state index in [4.69, 9.17) is 5.73 Å². The normalized spacial score (nSPS) is 43.3. The first-order valence-corrected chi connectivity index (χ1v) is 7.65. The van der Waals surface area contributed by atoms with Crippen molar-refractivity contribution in [2.45, 2.75) is 51.0 Å². The maximum atomic E-state index is 6.12. The molecule has 0 aliphatic heterocycles. The fourth-order valence-electron chi connectivity index (χ4n) is 5.51. The molecule has 4 aliphatic rings. The second-order valence-corrected chi connectivity index (χ2v) is 7.09. The van der Waals surface area contributed by atoms with E-state index >= 15 is 0 Å². The van der Waals surface area contributed by atoms with Crippen LogP contribution in [-0.2, 0) is 0 Å². The lowest BCUT2D eigenvalue weighted by Crippen LogP contribution is -2.44. The Morgan fingerprint density at radius 1 is 1.11 bits per heavy atom. The molecular formula is C16H24N2. The van der Waals surface area contributed by atoms with Crippen LogP contribution in [0, 0.1) is 23.7 Å². The zero-order valence-corrected chi connectivity index (χ0v) is 11.2. The van der Waals surface area contributed by atoms with Gasteiger partial charge in [-0.15, -0.1) is 0 Å². The van der Waals surface area contributed by atoms with Crippen LogP contribution in [0.3, 0.4) is 0 Å². The van der Waals surface area contributed by atoms with Crippen LogP contribution in [0.1, 0.15) is 62.2 Å². The summed E-state index contributed by atoms with van der Waals surface area (Å²) >= 11 is 0. The molecule has 4 bridgehead atoms. The van der Waals surface area contributed by atoms with E-state index in [0.29, 0.717) is 0 Å². The lowest BCUT2D eigenvalue weighted by Gasteiger charge is -2.54. The molecule has 1 aromatic rings. The first-order valence-electron chi connectivity index (χ1n) is 7.65. The van der Waals surface area contributed by atoms with E-state index in [2.05, 4.69) is 24.2 Å². The molecule has 5 rings (SSSR count). The lowest BCUT2D eigenvalue weighted by molar-refractivity contribution is -0.00309.